The van der Waals surface area contributed by atoms with Gasteiger partial charge in [0.15, 0.2) is 0 Å². The van der Waals surface area contributed by atoms with E-state index in [-0.39, 0.29) is 0 Å². The molecule has 0 aliphatic heterocycles. The molecule has 0 saturated carbocycles. The molecule has 2 aromatic heterocycles. The molecule has 0 aliphatic rings. The van der Waals surface area contributed by atoms with Crippen LogP contribution in [0.2, 0.25) is 0 Å². The van der Waals surface area contributed by atoms with E-state index in [1.54, 1.807) is 6.20 Å². The molecule has 0 saturated heterocycles. The molecule has 0 spiro atoms. The molecular formula is C16H15N3OS. The first-order valence-corrected chi connectivity index (χ1v) is 7.94. The van der Waals surface area contributed by atoms with E-state index < -0.39 is 10.8 Å². The van der Waals surface area contributed by atoms with E-state index in [4.69, 9.17) is 0 Å². The average Bonchev–Trinajstić information content (AvgIpc) is 2.53. The van der Waals surface area contributed by atoms with Crippen molar-refractivity contribution in [3.8, 4) is 0 Å². The van der Waals surface area contributed by atoms with Crippen molar-refractivity contribution in [2.75, 3.05) is 0 Å². The molecule has 106 valence electrons. The van der Waals surface area contributed by atoms with Crippen molar-refractivity contribution in [1.82, 2.24) is 15.0 Å². The summed E-state index contributed by atoms with van der Waals surface area (Å²) in [6.07, 6.45) is 2.50. The van der Waals surface area contributed by atoms with Crippen molar-refractivity contribution < 1.29 is 4.21 Å². The third-order valence-electron chi connectivity index (χ3n) is 3.21. The van der Waals surface area contributed by atoms with Gasteiger partial charge in [0.25, 0.3) is 0 Å². The van der Waals surface area contributed by atoms with E-state index >= 15 is 0 Å². The highest BCUT2D eigenvalue weighted by molar-refractivity contribution is 7.85. The molecule has 0 amide bonds. The molecule has 0 radical (unpaired) electrons. The topological polar surface area (TPSA) is 55.7 Å². The Morgan fingerprint density at radius 2 is 1.95 bits per heavy atom. The molecule has 0 aliphatic carbocycles. The van der Waals surface area contributed by atoms with Crippen LogP contribution in [0.25, 0.3) is 10.9 Å². The third kappa shape index (κ3) is 2.69. The van der Waals surface area contributed by atoms with E-state index in [2.05, 4.69) is 15.0 Å². The maximum Gasteiger partial charge on any atom is 0.223 e. The van der Waals surface area contributed by atoms with Gasteiger partial charge >= 0.3 is 0 Å². The number of nitrogens with zero attached hydrogens (tertiary/aromatic N) is 3. The lowest BCUT2D eigenvalue weighted by Crippen LogP contribution is -2.04. The number of rotatable bonds is 3. The number of para-hydroxylation sites is 1. The summed E-state index contributed by atoms with van der Waals surface area (Å²) in [6, 6.07) is 11.4. The van der Waals surface area contributed by atoms with Gasteiger partial charge in [0, 0.05) is 23.0 Å². The first-order chi connectivity index (χ1) is 10.2. The molecule has 3 aromatic rings. The molecule has 0 N–H and O–H groups in total. The van der Waals surface area contributed by atoms with Gasteiger partial charge in [0.1, 0.15) is 10.8 Å². The predicted molar refractivity (Wildman–Crippen MR) is 82.6 cm³/mol. The largest absolute Gasteiger partial charge is 0.255 e. The Balaban J connectivity index is 2.15. The maximum absolute atomic E-state index is 12.8. The summed E-state index contributed by atoms with van der Waals surface area (Å²) in [6.45, 7) is 3.91. The Morgan fingerprint density at radius 1 is 1.14 bits per heavy atom. The minimum atomic E-state index is -1.43. The Morgan fingerprint density at radius 3 is 2.76 bits per heavy atom. The number of aromatic nitrogens is 3. The van der Waals surface area contributed by atoms with Gasteiger partial charge in [-0.25, -0.2) is 14.2 Å². The number of fused-ring (bicyclic) bond motifs is 1. The van der Waals surface area contributed by atoms with Crippen LogP contribution in [-0.2, 0) is 17.2 Å². The summed E-state index contributed by atoms with van der Waals surface area (Å²) in [5, 5.41) is 1.32. The second-order valence-electron chi connectivity index (χ2n) is 4.74. The molecule has 5 heteroatoms. The zero-order valence-corrected chi connectivity index (χ0v) is 12.7. The number of pyridine rings is 1. The number of aryl methyl sites for hydroxylation is 2. The number of hydrogen-bond acceptors (Lipinski definition) is 4. The van der Waals surface area contributed by atoms with Crippen LogP contribution in [0.5, 0.6) is 0 Å². The molecule has 2 heterocycles. The van der Waals surface area contributed by atoms with E-state index in [0.717, 1.165) is 28.7 Å². The summed E-state index contributed by atoms with van der Waals surface area (Å²) in [4.78, 5) is 13.7. The molecule has 3 rings (SSSR count). The van der Waals surface area contributed by atoms with Crippen LogP contribution in [0.1, 0.15) is 18.3 Å². The fraction of sp³-hybridized carbons (Fsp3) is 0.188. The van der Waals surface area contributed by atoms with Crippen molar-refractivity contribution in [2.45, 2.75) is 30.3 Å². The molecular weight excluding hydrogens is 282 g/mol. The van der Waals surface area contributed by atoms with Crippen LogP contribution >= 0.6 is 0 Å². The normalized spacial score (nSPS) is 12.5. The highest BCUT2D eigenvalue weighted by Crippen LogP contribution is 2.22. The fourth-order valence-electron chi connectivity index (χ4n) is 2.19. The molecule has 1 atom stereocenters. The highest BCUT2D eigenvalue weighted by Gasteiger charge is 2.15. The molecule has 0 bridgehead atoms. The van der Waals surface area contributed by atoms with Crippen molar-refractivity contribution in [3.63, 3.8) is 0 Å². The van der Waals surface area contributed by atoms with Crippen molar-refractivity contribution in [2.24, 2.45) is 0 Å². The van der Waals surface area contributed by atoms with Gasteiger partial charge in [-0.05, 0) is 31.5 Å². The first-order valence-electron chi connectivity index (χ1n) is 6.79. The third-order valence-corrected chi connectivity index (χ3v) is 4.45. The second-order valence-corrected chi connectivity index (χ2v) is 6.08. The second kappa shape index (κ2) is 5.69. The van der Waals surface area contributed by atoms with E-state index in [1.807, 2.05) is 50.2 Å². The van der Waals surface area contributed by atoms with Crippen LogP contribution in [0, 0.1) is 6.92 Å². The van der Waals surface area contributed by atoms with Gasteiger partial charge in [-0.3, -0.25) is 4.98 Å². The van der Waals surface area contributed by atoms with Crippen molar-refractivity contribution in [3.05, 3.63) is 54.0 Å². The van der Waals surface area contributed by atoms with Gasteiger partial charge < -0.3 is 0 Å². The SMILES string of the molecule is CCc1cc(C)nc(S(=O)c2cccc3cccnc23)n1. The van der Waals surface area contributed by atoms with Gasteiger partial charge in [-0.15, -0.1) is 0 Å². The lowest BCUT2D eigenvalue weighted by Gasteiger charge is -2.06. The van der Waals surface area contributed by atoms with Crippen molar-refractivity contribution >= 4 is 21.7 Å². The lowest BCUT2D eigenvalue weighted by atomic mass is 10.2. The zero-order chi connectivity index (χ0) is 14.8. The molecule has 21 heavy (non-hydrogen) atoms. The standard InChI is InChI=1S/C16H15N3OS/c1-3-13-10-11(2)18-16(19-13)21(20)14-8-4-6-12-7-5-9-17-15(12)14/h4-10H,3H2,1-2H3. The lowest BCUT2D eigenvalue weighted by molar-refractivity contribution is 0.673. The minimum absolute atomic E-state index is 0.352. The zero-order valence-electron chi connectivity index (χ0n) is 11.9. The first kappa shape index (κ1) is 13.8. The maximum atomic E-state index is 12.8. The van der Waals surface area contributed by atoms with Gasteiger partial charge in [-0.2, -0.15) is 0 Å². The summed E-state index contributed by atoms with van der Waals surface area (Å²) < 4.78 is 12.8. The van der Waals surface area contributed by atoms with E-state index in [9.17, 15) is 4.21 Å². The smallest absolute Gasteiger partial charge is 0.223 e. The highest BCUT2D eigenvalue weighted by atomic mass is 32.2. The molecule has 4 nitrogen and oxygen atoms in total. The number of benzene rings is 1. The Hall–Kier alpha value is -2.14. The summed E-state index contributed by atoms with van der Waals surface area (Å²) in [7, 11) is -1.43. The minimum Gasteiger partial charge on any atom is -0.255 e. The van der Waals surface area contributed by atoms with Crippen LogP contribution in [-0.4, -0.2) is 19.2 Å². The predicted octanol–water partition coefficient (Wildman–Crippen LogP) is 3.06. The van der Waals surface area contributed by atoms with Crippen LogP contribution in [0.15, 0.2) is 52.6 Å². The summed E-state index contributed by atoms with van der Waals surface area (Å²) in [5.74, 6) is 0. The fourth-order valence-corrected chi connectivity index (χ4v) is 3.36. The van der Waals surface area contributed by atoms with Gasteiger partial charge in [0.05, 0.1) is 10.4 Å². The summed E-state index contributed by atoms with van der Waals surface area (Å²) in [5.41, 5.74) is 2.47. The molecule has 1 unspecified atom stereocenters. The van der Waals surface area contributed by atoms with Gasteiger partial charge in [0.2, 0.25) is 5.16 Å². The van der Waals surface area contributed by atoms with E-state index in [1.165, 1.54) is 0 Å². The van der Waals surface area contributed by atoms with Gasteiger partial charge in [-0.1, -0.05) is 25.1 Å². The van der Waals surface area contributed by atoms with Crippen molar-refractivity contribution in [1.29, 1.82) is 0 Å². The average molecular weight is 297 g/mol. The van der Waals surface area contributed by atoms with Crippen LogP contribution in [0.4, 0.5) is 0 Å². The van der Waals surface area contributed by atoms with Crippen LogP contribution < -0.4 is 0 Å². The quantitative estimate of drug-likeness (QED) is 0.697. The molecule has 0 fully saturated rings. The van der Waals surface area contributed by atoms with Crippen LogP contribution in [0.3, 0.4) is 0 Å². The molecule has 1 aromatic carbocycles. The Bertz CT molecular complexity index is 827. The number of hydrogen-bond donors (Lipinski definition) is 0. The monoisotopic (exact) mass is 297 g/mol. The Labute approximate surface area is 125 Å². The summed E-state index contributed by atoms with van der Waals surface area (Å²) >= 11 is 0. The van der Waals surface area contributed by atoms with E-state index in [0.29, 0.717) is 10.1 Å². The Kier molecular flexibility index (Phi) is 3.75.